The number of unbranched alkanes of at least 4 members (excludes halogenated alkanes) is 1. The second-order valence-corrected chi connectivity index (χ2v) is 5.67. The summed E-state index contributed by atoms with van der Waals surface area (Å²) in [6, 6.07) is 0.686. The van der Waals surface area contributed by atoms with Crippen molar-refractivity contribution in [2.75, 3.05) is 26.7 Å². The van der Waals surface area contributed by atoms with Gasteiger partial charge in [-0.25, -0.2) is 18.2 Å². The first kappa shape index (κ1) is 18.1. The Kier molecular flexibility index (Phi) is 9.00. The van der Waals surface area contributed by atoms with Crippen molar-refractivity contribution in [1.82, 2.24) is 15.5 Å². The quantitative estimate of drug-likeness (QED) is 0.581. The fourth-order valence-corrected chi connectivity index (χ4v) is 3.14. The van der Waals surface area contributed by atoms with Gasteiger partial charge in [-0.3, -0.25) is 0 Å². The van der Waals surface area contributed by atoms with Crippen LogP contribution in [0.1, 0.15) is 39.0 Å². The molecule has 2 rings (SSSR count). The molecule has 4 heteroatoms. The molecule has 2 saturated heterocycles. The topological polar surface area (TPSA) is 27.3 Å². The van der Waals surface area contributed by atoms with E-state index in [2.05, 4.69) is 47.7 Å². The van der Waals surface area contributed by atoms with Gasteiger partial charge >= 0.3 is 0 Å². The molecule has 1 atom stereocenters. The van der Waals surface area contributed by atoms with Crippen molar-refractivity contribution in [2.45, 2.75) is 45.1 Å². The second-order valence-electron chi connectivity index (χ2n) is 5.67. The van der Waals surface area contributed by atoms with Crippen molar-refractivity contribution >= 4 is 0 Å². The Labute approximate surface area is 148 Å². The summed E-state index contributed by atoms with van der Waals surface area (Å²) < 4.78 is 0. The third-order valence-corrected chi connectivity index (χ3v) is 4.30. The number of hydrogen-bond donors (Lipinski definition) is 2. The molecule has 2 aliphatic rings. The van der Waals surface area contributed by atoms with E-state index in [-0.39, 0.29) is 31.1 Å². The Morgan fingerprint density at radius 3 is 2.70 bits per heavy atom. The number of rotatable bonds is 4. The fourth-order valence-electron chi connectivity index (χ4n) is 3.14. The van der Waals surface area contributed by atoms with E-state index in [0.717, 1.165) is 18.9 Å². The van der Waals surface area contributed by atoms with Gasteiger partial charge in [0.2, 0.25) is 0 Å². The molecule has 2 fully saturated rings. The number of nitrogens with zero attached hydrogens (tertiary/aromatic N) is 1. The Morgan fingerprint density at radius 1 is 1.25 bits per heavy atom. The normalized spacial score (nSPS) is 26.6. The van der Waals surface area contributed by atoms with E-state index in [4.69, 9.17) is 0 Å². The molecule has 20 heavy (non-hydrogen) atoms. The van der Waals surface area contributed by atoms with Crippen LogP contribution < -0.4 is 10.6 Å². The molecule has 0 aromatic heterocycles. The van der Waals surface area contributed by atoms with Crippen LogP contribution in [-0.4, -0.2) is 37.6 Å². The average molecular weight is 500 g/mol. The zero-order valence-corrected chi connectivity index (χ0v) is 17.1. The van der Waals surface area contributed by atoms with E-state index in [0.29, 0.717) is 6.04 Å². The first-order chi connectivity index (χ1) is 9.33. The van der Waals surface area contributed by atoms with Gasteiger partial charge < -0.3 is 15.5 Å². The SMILES string of the molecule is CCC/C=C/[C-]=C1NCC[C@@H](C2CCNCC2)N1C.[U]. The van der Waals surface area contributed by atoms with Crippen molar-refractivity contribution < 1.29 is 31.1 Å². The van der Waals surface area contributed by atoms with Crippen LogP contribution in [0, 0.1) is 43.1 Å². The molecular formula is C16H28N3U-. The molecule has 2 heterocycles. The Balaban J connectivity index is 0.00000200. The van der Waals surface area contributed by atoms with Gasteiger partial charge in [0.15, 0.2) is 0 Å². The molecular weight excluding hydrogens is 472 g/mol. The largest absolute Gasteiger partial charge is 0.387 e. The summed E-state index contributed by atoms with van der Waals surface area (Å²) >= 11 is 0. The van der Waals surface area contributed by atoms with Crippen molar-refractivity contribution in [3.05, 3.63) is 24.0 Å². The van der Waals surface area contributed by atoms with Crippen molar-refractivity contribution in [2.24, 2.45) is 5.92 Å². The summed E-state index contributed by atoms with van der Waals surface area (Å²) in [5.41, 5.74) is 0. The number of allylic oxidation sites excluding steroid dienone is 3. The predicted molar refractivity (Wildman–Crippen MR) is 80.6 cm³/mol. The summed E-state index contributed by atoms with van der Waals surface area (Å²) in [7, 11) is 2.22. The van der Waals surface area contributed by atoms with Gasteiger partial charge in [-0.1, -0.05) is 13.3 Å². The third-order valence-electron chi connectivity index (χ3n) is 4.30. The Morgan fingerprint density at radius 2 is 2.00 bits per heavy atom. The molecule has 0 bridgehead atoms. The van der Waals surface area contributed by atoms with Crippen LogP contribution in [0.4, 0.5) is 0 Å². The monoisotopic (exact) mass is 500 g/mol. The van der Waals surface area contributed by atoms with E-state index in [1.165, 1.54) is 44.6 Å². The van der Waals surface area contributed by atoms with E-state index >= 15 is 0 Å². The smallest absolute Gasteiger partial charge is 0.0331 e. The van der Waals surface area contributed by atoms with Crippen LogP contribution in [0.3, 0.4) is 0 Å². The van der Waals surface area contributed by atoms with Crippen molar-refractivity contribution in [3.8, 4) is 0 Å². The Hall–Kier alpha value is 0.0919. The van der Waals surface area contributed by atoms with Gasteiger partial charge in [0.1, 0.15) is 0 Å². The summed E-state index contributed by atoms with van der Waals surface area (Å²) in [5, 5.41) is 6.94. The van der Waals surface area contributed by atoms with Crippen LogP contribution in [-0.2, 0) is 0 Å². The van der Waals surface area contributed by atoms with Crippen molar-refractivity contribution in [3.63, 3.8) is 0 Å². The van der Waals surface area contributed by atoms with Gasteiger partial charge in [0, 0.05) is 56.6 Å². The molecule has 112 valence electrons. The minimum absolute atomic E-state index is 0. The van der Waals surface area contributed by atoms with Crippen LogP contribution in [0.25, 0.3) is 0 Å². The molecule has 0 aromatic rings. The molecule has 0 aliphatic carbocycles. The molecule has 0 radical (unpaired) electrons. The number of hydrogen-bond acceptors (Lipinski definition) is 3. The number of piperidine rings is 1. The molecule has 0 unspecified atom stereocenters. The van der Waals surface area contributed by atoms with E-state index < -0.39 is 0 Å². The minimum atomic E-state index is 0. The minimum Gasteiger partial charge on any atom is -0.387 e. The molecule has 2 N–H and O–H groups in total. The standard InChI is InChI=1S/C16H28N3.U/c1-3-4-5-6-7-16-18-13-10-15(19(16)2)14-8-11-17-12-9-14;/h5-6,14-15,17-18H,3-4,8-13H2,1-2H3;/q-1;/b6-5+;/t15-;/m0./s1. The van der Waals surface area contributed by atoms with Crippen LogP contribution in [0.2, 0.25) is 0 Å². The maximum absolute atomic E-state index is 3.48. The van der Waals surface area contributed by atoms with E-state index in [1.807, 2.05) is 0 Å². The van der Waals surface area contributed by atoms with Crippen LogP contribution in [0.15, 0.2) is 18.0 Å². The van der Waals surface area contributed by atoms with E-state index in [1.54, 1.807) is 0 Å². The van der Waals surface area contributed by atoms with Gasteiger partial charge in [-0.05, 0) is 38.3 Å². The summed E-state index contributed by atoms with van der Waals surface area (Å²) in [4.78, 5) is 2.41. The second kappa shape index (κ2) is 9.93. The molecule has 0 spiro atoms. The van der Waals surface area contributed by atoms with Crippen molar-refractivity contribution in [1.29, 1.82) is 0 Å². The summed E-state index contributed by atoms with van der Waals surface area (Å²) in [5.74, 6) is 2.01. The van der Waals surface area contributed by atoms with Crippen LogP contribution >= 0.6 is 0 Å². The first-order valence-corrected chi connectivity index (χ1v) is 7.79. The molecule has 2 aliphatic heterocycles. The van der Waals surface area contributed by atoms with Gasteiger partial charge in [0.25, 0.3) is 0 Å². The molecule has 3 nitrogen and oxygen atoms in total. The van der Waals surface area contributed by atoms with Crippen LogP contribution in [0.5, 0.6) is 0 Å². The maximum atomic E-state index is 3.48. The van der Waals surface area contributed by atoms with Gasteiger partial charge in [-0.15, -0.1) is 6.42 Å². The fraction of sp³-hybridized carbons (Fsp3) is 0.750. The zero-order valence-electron chi connectivity index (χ0n) is 12.9. The molecule has 0 amide bonds. The van der Waals surface area contributed by atoms with Gasteiger partial charge in [0.05, 0.1) is 0 Å². The third kappa shape index (κ3) is 5.13. The Bertz CT molecular complexity index is 322. The predicted octanol–water partition coefficient (Wildman–Crippen LogP) is 2.28. The zero-order chi connectivity index (χ0) is 13.5. The molecule has 0 saturated carbocycles. The summed E-state index contributed by atoms with van der Waals surface area (Å²) in [6.07, 6.45) is 13.9. The number of nitrogens with one attached hydrogen (secondary N) is 2. The van der Waals surface area contributed by atoms with E-state index in [9.17, 15) is 0 Å². The first-order valence-electron chi connectivity index (χ1n) is 7.79. The average Bonchev–Trinajstić information content (AvgIpc) is 2.46. The van der Waals surface area contributed by atoms with Gasteiger partial charge in [-0.2, -0.15) is 0 Å². The summed E-state index contributed by atoms with van der Waals surface area (Å²) in [6.45, 7) is 5.65. The molecule has 0 aromatic carbocycles. The maximum Gasteiger partial charge on any atom is 0.0331 e.